The summed E-state index contributed by atoms with van der Waals surface area (Å²) in [7, 11) is 1.43. The Labute approximate surface area is 126 Å². The lowest BCUT2D eigenvalue weighted by atomic mass is 9.97. The second kappa shape index (κ2) is 7.55. The van der Waals surface area contributed by atoms with Gasteiger partial charge in [0.25, 0.3) is 0 Å². The number of aryl methyl sites for hydroxylation is 1. The van der Waals surface area contributed by atoms with Gasteiger partial charge in [-0.05, 0) is 62.4 Å². The number of nitrogens with zero attached hydrogens (tertiary/aromatic N) is 1. The summed E-state index contributed by atoms with van der Waals surface area (Å²) >= 11 is 0. The number of hydrogen-bond donors (Lipinski definition) is 0. The second-order valence-electron chi connectivity index (χ2n) is 5.92. The van der Waals surface area contributed by atoms with E-state index in [1.54, 1.807) is 6.07 Å². The summed E-state index contributed by atoms with van der Waals surface area (Å²) in [4.78, 5) is 13.5. The number of hydrogen-bond acceptors (Lipinski definition) is 3. The number of esters is 1. The maximum Gasteiger partial charge on any atom is 0.305 e. The molecule has 0 amide bonds. The molecular weight excluding hydrogens is 269 g/mol. The van der Waals surface area contributed by atoms with Gasteiger partial charge in [-0.2, -0.15) is 0 Å². The van der Waals surface area contributed by atoms with Crippen molar-refractivity contribution in [1.29, 1.82) is 0 Å². The van der Waals surface area contributed by atoms with Crippen LogP contribution in [-0.4, -0.2) is 37.6 Å². The van der Waals surface area contributed by atoms with Gasteiger partial charge in [0.15, 0.2) is 0 Å². The Morgan fingerprint density at radius 2 is 2.29 bits per heavy atom. The molecule has 4 heteroatoms. The van der Waals surface area contributed by atoms with E-state index in [1.165, 1.54) is 19.1 Å². The molecule has 1 aliphatic rings. The Kier molecular flexibility index (Phi) is 5.74. The van der Waals surface area contributed by atoms with E-state index in [9.17, 15) is 9.18 Å². The van der Waals surface area contributed by atoms with Gasteiger partial charge in [-0.15, -0.1) is 0 Å². The van der Waals surface area contributed by atoms with Crippen molar-refractivity contribution in [2.75, 3.05) is 26.7 Å². The first-order valence-corrected chi connectivity index (χ1v) is 7.62. The molecule has 116 valence electrons. The van der Waals surface area contributed by atoms with Crippen LogP contribution in [0.5, 0.6) is 0 Å². The highest BCUT2D eigenvalue weighted by molar-refractivity contribution is 5.69. The molecule has 2 rings (SSSR count). The van der Waals surface area contributed by atoms with Crippen molar-refractivity contribution >= 4 is 5.97 Å². The molecular formula is C17H24FNO2. The average molecular weight is 293 g/mol. The van der Waals surface area contributed by atoms with Gasteiger partial charge in [0.05, 0.1) is 7.11 Å². The molecule has 1 unspecified atom stereocenters. The fraction of sp³-hybridized carbons (Fsp3) is 0.588. The molecule has 21 heavy (non-hydrogen) atoms. The van der Waals surface area contributed by atoms with Crippen molar-refractivity contribution in [3.63, 3.8) is 0 Å². The van der Waals surface area contributed by atoms with Gasteiger partial charge >= 0.3 is 5.97 Å². The lowest BCUT2D eigenvalue weighted by Crippen LogP contribution is -2.23. The zero-order valence-electron chi connectivity index (χ0n) is 12.9. The molecule has 0 aliphatic carbocycles. The Bertz CT molecular complexity index is 490. The summed E-state index contributed by atoms with van der Waals surface area (Å²) in [6.45, 7) is 4.92. The smallest absolute Gasteiger partial charge is 0.305 e. The van der Waals surface area contributed by atoms with Crippen LogP contribution in [0, 0.1) is 18.7 Å². The van der Waals surface area contributed by atoms with Crippen molar-refractivity contribution in [2.45, 2.75) is 32.6 Å². The summed E-state index contributed by atoms with van der Waals surface area (Å²) in [5.74, 6) is 0.370. The van der Waals surface area contributed by atoms with Crippen molar-refractivity contribution in [1.82, 2.24) is 4.90 Å². The van der Waals surface area contributed by atoms with E-state index in [-0.39, 0.29) is 11.8 Å². The quantitative estimate of drug-likeness (QED) is 0.755. The number of halogens is 1. The molecule has 1 aromatic carbocycles. The van der Waals surface area contributed by atoms with Crippen LogP contribution in [0.15, 0.2) is 18.2 Å². The summed E-state index contributed by atoms with van der Waals surface area (Å²) in [6.07, 6.45) is 3.53. The first-order valence-electron chi connectivity index (χ1n) is 7.62. The van der Waals surface area contributed by atoms with Crippen LogP contribution in [0.2, 0.25) is 0 Å². The number of methoxy groups -OCH3 is 1. The van der Waals surface area contributed by atoms with Crippen LogP contribution in [-0.2, 0) is 16.0 Å². The molecule has 1 aromatic rings. The monoisotopic (exact) mass is 293 g/mol. The van der Waals surface area contributed by atoms with E-state index in [4.69, 9.17) is 0 Å². The average Bonchev–Trinajstić information content (AvgIpc) is 2.90. The van der Waals surface area contributed by atoms with Gasteiger partial charge < -0.3 is 9.64 Å². The summed E-state index contributed by atoms with van der Waals surface area (Å²) in [5.41, 5.74) is 1.94. The van der Waals surface area contributed by atoms with Crippen molar-refractivity contribution < 1.29 is 13.9 Å². The van der Waals surface area contributed by atoms with E-state index in [1.807, 2.05) is 19.1 Å². The van der Waals surface area contributed by atoms with E-state index >= 15 is 0 Å². The number of ether oxygens (including phenoxy) is 1. The highest BCUT2D eigenvalue weighted by Crippen LogP contribution is 2.22. The molecule has 0 spiro atoms. The Morgan fingerprint density at radius 3 is 3.00 bits per heavy atom. The minimum Gasteiger partial charge on any atom is -0.469 e. The minimum absolute atomic E-state index is 0.130. The zero-order chi connectivity index (χ0) is 15.2. The Morgan fingerprint density at radius 1 is 1.48 bits per heavy atom. The summed E-state index contributed by atoms with van der Waals surface area (Å²) in [5, 5.41) is 0. The normalized spacial score (nSPS) is 18.9. The molecule has 3 nitrogen and oxygen atoms in total. The molecule has 1 atom stereocenters. The topological polar surface area (TPSA) is 29.5 Å². The van der Waals surface area contributed by atoms with Crippen LogP contribution >= 0.6 is 0 Å². The molecule has 0 N–H and O–H groups in total. The zero-order valence-corrected chi connectivity index (χ0v) is 12.9. The van der Waals surface area contributed by atoms with E-state index < -0.39 is 0 Å². The van der Waals surface area contributed by atoms with Crippen LogP contribution in [0.4, 0.5) is 4.39 Å². The predicted molar refractivity (Wildman–Crippen MR) is 80.6 cm³/mol. The third kappa shape index (κ3) is 4.81. The maximum atomic E-state index is 13.3. The largest absolute Gasteiger partial charge is 0.469 e. The SMILES string of the molecule is COC(=O)CCCN1CCC(Cc2ccc(F)c(C)c2)C1. The summed E-state index contributed by atoms with van der Waals surface area (Å²) in [6, 6.07) is 5.41. The number of rotatable bonds is 6. The molecule has 0 saturated carbocycles. The van der Waals surface area contributed by atoms with Gasteiger partial charge in [-0.3, -0.25) is 4.79 Å². The van der Waals surface area contributed by atoms with Gasteiger partial charge in [0.2, 0.25) is 0 Å². The van der Waals surface area contributed by atoms with Crippen molar-refractivity contribution in [2.24, 2.45) is 5.92 Å². The molecule has 1 aliphatic heterocycles. The Balaban J connectivity index is 1.74. The third-order valence-electron chi connectivity index (χ3n) is 4.20. The van der Waals surface area contributed by atoms with E-state index in [0.717, 1.165) is 38.0 Å². The number of carbonyl (C=O) groups is 1. The van der Waals surface area contributed by atoms with Crippen LogP contribution in [0.1, 0.15) is 30.4 Å². The molecule has 0 bridgehead atoms. The fourth-order valence-corrected chi connectivity index (χ4v) is 3.00. The van der Waals surface area contributed by atoms with Gasteiger partial charge in [-0.1, -0.05) is 12.1 Å². The van der Waals surface area contributed by atoms with E-state index in [2.05, 4.69) is 9.64 Å². The first-order chi connectivity index (χ1) is 10.1. The van der Waals surface area contributed by atoms with Crippen molar-refractivity contribution in [3.8, 4) is 0 Å². The fourth-order valence-electron chi connectivity index (χ4n) is 3.00. The lowest BCUT2D eigenvalue weighted by molar-refractivity contribution is -0.140. The van der Waals surface area contributed by atoms with E-state index in [0.29, 0.717) is 12.3 Å². The standard InChI is InChI=1S/C17H24FNO2/c1-13-10-14(5-6-16(13)18)11-15-7-9-19(12-15)8-3-4-17(20)21-2/h5-6,10,15H,3-4,7-9,11-12H2,1-2H3. The number of benzene rings is 1. The second-order valence-corrected chi connectivity index (χ2v) is 5.92. The molecule has 1 saturated heterocycles. The highest BCUT2D eigenvalue weighted by Gasteiger charge is 2.22. The Hall–Kier alpha value is -1.42. The highest BCUT2D eigenvalue weighted by atomic mass is 19.1. The van der Waals surface area contributed by atoms with Crippen LogP contribution in [0.3, 0.4) is 0 Å². The minimum atomic E-state index is -0.132. The van der Waals surface area contributed by atoms with Gasteiger partial charge in [0.1, 0.15) is 5.82 Å². The van der Waals surface area contributed by atoms with Crippen LogP contribution in [0.25, 0.3) is 0 Å². The van der Waals surface area contributed by atoms with Crippen molar-refractivity contribution in [3.05, 3.63) is 35.1 Å². The number of carbonyl (C=O) groups excluding carboxylic acids is 1. The first kappa shape index (κ1) is 16.0. The molecule has 0 aromatic heterocycles. The predicted octanol–water partition coefficient (Wildman–Crippen LogP) is 2.95. The molecule has 0 radical (unpaired) electrons. The van der Waals surface area contributed by atoms with Crippen LogP contribution < -0.4 is 0 Å². The molecule has 1 heterocycles. The van der Waals surface area contributed by atoms with Gasteiger partial charge in [0, 0.05) is 13.0 Å². The summed E-state index contributed by atoms with van der Waals surface area (Å²) < 4.78 is 17.9. The third-order valence-corrected chi connectivity index (χ3v) is 4.20. The lowest BCUT2D eigenvalue weighted by Gasteiger charge is -2.15. The maximum absolute atomic E-state index is 13.3. The van der Waals surface area contributed by atoms with Gasteiger partial charge in [-0.25, -0.2) is 4.39 Å². The molecule has 1 fully saturated rings. The number of likely N-dealkylation sites (tertiary alicyclic amines) is 1.